The lowest BCUT2D eigenvalue weighted by Crippen LogP contribution is -2.10. The van der Waals surface area contributed by atoms with Gasteiger partial charge in [-0.15, -0.1) is 24.8 Å². The van der Waals surface area contributed by atoms with E-state index < -0.39 is 11.7 Å². The van der Waals surface area contributed by atoms with Gasteiger partial charge in [0.05, 0.1) is 11.3 Å². The maximum atomic E-state index is 12.7. The molecule has 1 aromatic carbocycles. The number of halogens is 5. The largest absolute Gasteiger partial charge is 0.416 e. The summed E-state index contributed by atoms with van der Waals surface area (Å²) in [5.41, 5.74) is 5.89. The molecule has 0 bridgehead atoms. The quantitative estimate of drug-likeness (QED) is 0.390. The van der Waals surface area contributed by atoms with Gasteiger partial charge in [-0.3, -0.25) is 0 Å². The van der Waals surface area contributed by atoms with E-state index in [1.165, 1.54) is 12.1 Å². The highest BCUT2D eigenvalue weighted by molar-refractivity contribution is 6.00. The summed E-state index contributed by atoms with van der Waals surface area (Å²) < 4.78 is 40.1. The van der Waals surface area contributed by atoms with Crippen LogP contribution in [-0.4, -0.2) is 28.4 Å². The highest BCUT2D eigenvalue weighted by Gasteiger charge is 2.30. The molecule has 152 valence electrons. The minimum Gasteiger partial charge on any atom is -0.394 e. The van der Waals surface area contributed by atoms with Crippen molar-refractivity contribution < 1.29 is 18.0 Å². The number of imidazole rings is 1. The van der Waals surface area contributed by atoms with Crippen molar-refractivity contribution in [1.82, 2.24) is 9.55 Å². The van der Waals surface area contributed by atoms with Crippen molar-refractivity contribution in [2.45, 2.75) is 32.5 Å². The number of aromatic nitrogens is 2. The second kappa shape index (κ2) is 11.8. The average molecular weight is 427 g/mol. The van der Waals surface area contributed by atoms with Crippen molar-refractivity contribution in [1.29, 1.82) is 0 Å². The Kier molecular flexibility index (Phi) is 11.1. The van der Waals surface area contributed by atoms with E-state index in [9.17, 15) is 13.2 Å². The first kappa shape index (κ1) is 25.2. The Bertz CT molecular complexity index is 703. The number of aryl methyl sites for hydroxylation is 2. The predicted molar refractivity (Wildman–Crippen MR) is 104 cm³/mol. The van der Waals surface area contributed by atoms with Crippen LogP contribution in [0.15, 0.2) is 41.8 Å². The van der Waals surface area contributed by atoms with Gasteiger partial charge in [0, 0.05) is 25.5 Å². The first-order valence-electron chi connectivity index (χ1n) is 7.96. The van der Waals surface area contributed by atoms with Crippen LogP contribution in [0.25, 0.3) is 0 Å². The third kappa shape index (κ3) is 7.78. The third-order valence-electron chi connectivity index (χ3n) is 3.67. The molecule has 0 aliphatic heterocycles. The molecule has 0 spiro atoms. The van der Waals surface area contributed by atoms with Crippen LogP contribution in [0.5, 0.6) is 0 Å². The van der Waals surface area contributed by atoms with Crippen molar-refractivity contribution in [3.8, 4) is 0 Å². The molecule has 2 aromatic rings. The van der Waals surface area contributed by atoms with E-state index in [0.717, 1.165) is 30.9 Å². The monoisotopic (exact) mass is 426 g/mol. The van der Waals surface area contributed by atoms with Crippen LogP contribution >= 0.6 is 24.8 Å². The molecule has 0 unspecified atom stereocenters. The van der Waals surface area contributed by atoms with Crippen LogP contribution in [0.1, 0.15) is 29.8 Å². The number of hydrogen-bond acceptors (Lipinski definition) is 4. The zero-order valence-electron chi connectivity index (χ0n) is 14.8. The molecule has 27 heavy (non-hydrogen) atoms. The van der Waals surface area contributed by atoms with Crippen molar-refractivity contribution in [2.24, 2.45) is 10.9 Å². The Balaban J connectivity index is 0.00000338. The molecule has 0 aliphatic rings. The fourth-order valence-electron chi connectivity index (χ4n) is 2.33. The van der Waals surface area contributed by atoms with Crippen molar-refractivity contribution in [2.75, 3.05) is 13.2 Å². The van der Waals surface area contributed by atoms with Gasteiger partial charge >= 0.3 is 6.18 Å². The van der Waals surface area contributed by atoms with E-state index in [1.807, 2.05) is 17.7 Å². The molecule has 5 nitrogen and oxygen atoms in total. The second-order valence-electron chi connectivity index (χ2n) is 5.51. The number of nitrogens with zero attached hydrogens (tertiary/aromatic N) is 3. The van der Waals surface area contributed by atoms with E-state index in [-0.39, 0.29) is 31.4 Å². The summed E-state index contributed by atoms with van der Waals surface area (Å²) in [6.45, 7) is 3.22. The molecule has 1 heterocycles. The molecule has 10 heteroatoms. The zero-order valence-corrected chi connectivity index (χ0v) is 16.4. The summed E-state index contributed by atoms with van der Waals surface area (Å²) in [6, 6.07) is 4.92. The molecular weight excluding hydrogens is 404 g/mol. The van der Waals surface area contributed by atoms with Gasteiger partial charge in [-0.2, -0.15) is 13.2 Å². The van der Waals surface area contributed by atoms with Crippen LogP contribution in [0.3, 0.4) is 0 Å². The Labute approximate surface area is 168 Å². The number of nitrogens with two attached hydrogens (primary N) is 1. The summed E-state index contributed by atoms with van der Waals surface area (Å²) in [6.07, 6.45) is 0.571. The summed E-state index contributed by atoms with van der Waals surface area (Å²) >= 11 is 0. The van der Waals surface area contributed by atoms with Gasteiger partial charge in [0.15, 0.2) is 0 Å². The normalized spacial score (nSPS) is 11.5. The minimum atomic E-state index is -4.36. The van der Waals surface area contributed by atoms with Crippen LogP contribution in [0.2, 0.25) is 0 Å². The van der Waals surface area contributed by atoms with E-state index in [0.29, 0.717) is 24.2 Å². The molecule has 0 saturated heterocycles. The molecule has 2 rings (SSSR count). The highest BCUT2D eigenvalue weighted by Crippen LogP contribution is 2.29. The third-order valence-corrected chi connectivity index (χ3v) is 3.67. The number of rotatable bonds is 8. The van der Waals surface area contributed by atoms with Crippen molar-refractivity contribution in [3.05, 3.63) is 53.6 Å². The van der Waals surface area contributed by atoms with Crippen molar-refractivity contribution in [3.63, 3.8) is 0 Å². The number of benzene rings is 1. The van der Waals surface area contributed by atoms with Gasteiger partial charge in [0.1, 0.15) is 12.4 Å². The number of alkyl halides is 3. The van der Waals surface area contributed by atoms with Crippen molar-refractivity contribution >= 4 is 30.5 Å². The fourth-order valence-corrected chi connectivity index (χ4v) is 2.33. The second-order valence-corrected chi connectivity index (χ2v) is 5.51. The summed E-state index contributed by atoms with van der Waals surface area (Å²) in [4.78, 5) is 9.28. The fraction of sp³-hybridized carbons (Fsp3) is 0.412. The lowest BCUT2D eigenvalue weighted by Gasteiger charge is -2.10. The molecule has 0 atom stereocenters. The molecule has 0 fully saturated rings. The molecule has 2 N–H and O–H groups in total. The number of oxime groups is 1. The lowest BCUT2D eigenvalue weighted by atomic mass is 10.0. The first-order chi connectivity index (χ1) is 11.9. The Morgan fingerprint density at radius 3 is 2.41 bits per heavy atom. The zero-order chi connectivity index (χ0) is 18.3. The average Bonchev–Trinajstić information content (AvgIpc) is 2.98. The Morgan fingerprint density at radius 2 is 1.89 bits per heavy atom. The van der Waals surface area contributed by atoms with Gasteiger partial charge in [0.25, 0.3) is 0 Å². The van der Waals surface area contributed by atoms with Crippen LogP contribution in [-0.2, 0) is 17.6 Å². The molecule has 1 aromatic heterocycles. The van der Waals surface area contributed by atoms with Gasteiger partial charge in [-0.05, 0) is 37.5 Å². The van der Waals surface area contributed by atoms with Gasteiger partial charge in [0.2, 0.25) is 0 Å². The molecule has 0 saturated carbocycles. The Hall–Kier alpha value is -1.77. The summed E-state index contributed by atoms with van der Waals surface area (Å²) in [5.74, 6) is 0.910. The van der Waals surface area contributed by atoms with E-state index >= 15 is 0 Å². The molecule has 0 amide bonds. The smallest absolute Gasteiger partial charge is 0.394 e. The first-order valence-corrected chi connectivity index (χ1v) is 7.96. The summed E-state index contributed by atoms with van der Waals surface area (Å²) in [5, 5.41) is 4.05. The Morgan fingerprint density at radius 1 is 1.22 bits per heavy atom. The van der Waals surface area contributed by atoms with E-state index in [2.05, 4.69) is 10.1 Å². The van der Waals surface area contributed by atoms with Gasteiger partial charge in [-0.25, -0.2) is 4.98 Å². The van der Waals surface area contributed by atoms with Gasteiger partial charge in [-0.1, -0.05) is 17.3 Å². The molecule has 0 aliphatic carbocycles. The van der Waals surface area contributed by atoms with Crippen LogP contribution in [0.4, 0.5) is 13.2 Å². The standard InChI is InChI=1S/C17H21F3N4O.2ClH/c1-13-22-9-11-24(13)10-2-3-16(23-25-12-8-21)14-4-6-15(7-5-14)17(18,19)20;;/h4-7,9,11H,2-3,8,10,12,21H2,1H3;2*1H. The van der Waals surface area contributed by atoms with Gasteiger partial charge < -0.3 is 15.1 Å². The lowest BCUT2D eigenvalue weighted by molar-refractivity contribution is -0.137. The molecule has 0 radical (unpaired) electrons. The topological polar surface area (TPSA) is 65.4 Å². The summed E-state index contributed by atoms with van der Waals surface area (Å²) in [7, 11) is 0. The van der Waals surface area contributed by atoms with E-state index in [1.54, 1.807) is 6.20 Å². The maximum Gasteiger partial charge on any atom is 0.416 e. The number of hydrogen-bond donors (Lipinski definition) is 1. The van der Waals surface area contributed by atoms with Crippen LogP contribution < -0.4 is 5.73 Å². The molecular formula is C17H23Cl2F3N4O. The highest BCUT2D eigenvalue weighted by atomic mass is 35.5. The SMILES string of the molecule is Cc1nccn1CCCC(=NOCCN)c1ccc(C(F)(F)F)cc1.Cl.Cl. The maximum absolute atomic E-state index is 12.7. The van der Waals surface area contributed by atoms with Crippen LogP contribution in [0, 0.1) is 6.92 Å². The van der Waals surface area contributed by atoms with E-state index in [4.69, 9.17) is 10.6 Å². The minimum absolute atomic E-state index is 0. The predicted octanol–water partition coefficient (Wildman–Crippen LogP) is 4.21.